The van der Waals surface area contributed by atoms with Crippen molar-refractivity contribution in [3.63, 3.8) is 0 Å². The SMILES string of the molecule is c1ccc(-c2cc3c4ccccc4n4c5ccc(-c6cccc(-c7nc8ccccc8n7-c7ccccc7)c6)cc5c(c2)c34)cc1. The molecule has 0 fully saturated rings. The van der Waals surface area contributed by atoms with Crippen LogP contribution in [0, 0.1) is 0 Å². The average Bonchev–Trinajstić information content (AvgIpc) is 3.79. The maximum Gasteiger partial charge on any atom is 0.145 e. The van der Waals surface area contributed by atoms with Gasteiger partial charge in [0.1, 0.15) is 5.82 Å². The van der Waals surface area contributed by atoms with Gasteiger partial charge in [0.2, 0.25) is 0 Å². The summed E-state index contributed by atoms with van der Waals surface area (Å²) in [7, 11) is 0. The van der Waals surface area contributed by atoms with Crippen LogP contribution in [0.25, 0.3) is 88.5 Å². The fourth-order valence-corrected chi connectivity index (χ4v) is 7.37. The molecule has 0 unspecified atom stereocenters. The largest absolute Gasteiger partial charge is 0.308 e. The van der Waals surface area contributed by atoms with Gasteiger partial charge in [-0.25, -0.2) is 4.98 Å². The number of hydrogen-bond acceptors (Lipinski definition) is 1. The van der Waals surface area contributed by atoms with Gasteiger partial charge in [-0.05, 0) is 82.9 Å². The van der Waals surface area contributed by atoms with Gasteiger partial charge >= 0.3 is 0 Å². The third-order valence-corrected chi connectivity index (χ3v) is 9.43. The smallest absolute Gasteiger partial charge is 0.145 e. The van der Waals surface area contributed by atoms with Gasteiger partial charge in [0.05, 0.1) is 27.6 Å². The molecule has 0 N–H and O–H groups in total. The molecule has 0 aliphatic carbocycles. The number of fused-ring (bicyclic) bond motifs is 7. The lowest BCUT2D eigenvalue weighted by atomic mass is 9.97. The zero-order valence-corrected chi connectivity index (χ0v) is 24.9. The summed E-state index contributed by atoms with van der Waals surface area (Å²) in [4.78, 5) is 5.13. The van der Waals surface area contributed by atoms with Crippen molar-refractivity contribution in [2.75, 3.05) is 0 Å². The standard InChI is InChI=1S/C43H27N3/c1-3-12-28(13-4-1)32-26-36-34-18-7-9-20-39(34)46-40-23-22-30(25-35(40)37(27-32)42(36)46)29-14-11-15-31(24-29)43-44-38-19-8-10-21-41(38)45(43)33-16-5-2-6-17-33/h1-27H. The van der Waals surface area contributed by atoms with Gasteiger partial charge in [0, 0.05) is 32.8 Å². The van der Waals surface area contributed by atoms with Crippen molar-refractivity contribution in [3.8, 4) is 39.3 Å². The summed E-state index contributed by atoms with van der Waals surface area (Å²) >= 11 is 0. The van der Waals surface area contributed by atoms with E-state index in [2.05, 4.69) is 173 Å². The highest BCUT2D eigenvalue weighted by Gasteiger charge is 2.20. The normalized spacial score (nSPS) is 11.9. The van der Waals surface area contributed by atoms with Gasteiger partial charge < -0.3 is 4.40 Å². The van der Waals surface area contributed by atoms with E-state index in [0.717, 1.165) is 28.1 Å². The van der Waals surface area contributed by atoms with Crippen LogP contribution < -0.4 is 0 Å². The van der Waals surface area contributed by atoms with Crippen LogP contribution in [-0.4, -0.2) is 14.0 Å². The van der Waals surface area contributed by atoms with E-state index < -0.39 is 0 Å². The van der Waals surface area contributed by atoms with E-state index in [-0.39, 0.29) is 0 Å². The van der Waals surface area contributed by atoms with E-state index in [4.69, 9.17) is 4.98 Å². The molecule has 3 heteroatoms. The number of nitrogens with zero attached hydrogens (tertiary/aromatic N) is 3. The molecule has 10 aromatic rings. The second-order valence-electron chi connectivity index (χ2n) is 12.0. The Bertz CT molecular complexity index is 2730. The van der Waals surface area contributed by atoms with Crippen LogP contribution >= 0.6 is 0 Å². The number of imidazole rings is 1. The first-order chi connectivity index (χ1) is 22.8. The van der Waals surface area contributed by atoms with Gasteiger partial charge in [-0.15, -0.1) is 0 Å². The van der Waals surface area contributed by atoms with Crippen molar-refractivity contribution in [2.24, 2.45) is 0 Å². The second-order valence-corrected chi connectivity index (χ2v) is 12.0. The zero-order valence-electron chi connectivity index (χ0n) is 24.9. The van der Waals surface area contributed by atoms with Gasteiger partial charge in [-0.2, -0.15) is 0 Å². The van der Waals surface area contributed by atoms with Gasteiger partial charge in [0.25, 0.3) is 0 Å². The molecule has 46 heavy (non-hydrogen) atoms. The summed E-state index contributed by atoms with van der Waals surface area (Å²) in [6, 6.07) is 58.9. The van der Waals surface area contributed by atoms with Crippen LogP contribution in [0.1, 0.15) is 0 Å². The van der Waals surface area contributed by atoms with Gasteiger partial charge in [-0.1, -0.05) is 103 Å². The Morgan fingerprint density at radius 2 is 0.978 bits per heavy atom. The molecule has 0 amide bonds. The first kappa shape index (κ1) is 25.2. The molecule has 0 radical (unpaired) electrons. The van der Waals surface area contributed by atoms with Crippen LogP contribution in [0.5, 0.6) is 0 Å². The van der Waals surface area contributed by atoms with Crippen molar-refractivity contribution in [1.82, 2.24) is 14.0 Å². The molecule has 0 atom stereocenters. The van der Waals surface area contributed by atoms with E-state index in [0.29, 0.717) is 0 Å². The molecular weight excluding hydrogens is 558 g/mol. The lowest BCUT2D eigenvalue weighted by Crippen LogP contribution is -1.97. The average molecular weight is 586 g/mol. The Labute approximate surface area is 265 Å². The number of para-hydroxylation sites is 4. The van der Waals surface area contributed by atoms with E-state index in [9.17, 15) is 0 Å². The Hall–Kier alpha value is -6.19. The predicted octanol–water partition coefficient (Wildman–Crippen LogP) is 11.2. The second kappa shape index (κ2) is 9.65. The van der Waals surface area contributed by atoms with E-state index in [1.807, 2.05) is 0 Å². The molecule has 3 nitrogen and oxygen atoms in total. The van der Waals surface area contributed by atoms with E-state index in [1.165, 1.54) is 60.3 Å². The predicted molar refractivity (Wildman–Crippen MR) is 192 cm³/mol. The molecule has 0 saturated heterocycles. The summed E-state index contributed by atoms with van der Waals surface area (Å²) < 4.78 is 4.72. The van der Waals surface area contributed by atoms with Crippen molar-refractivity contribution < 1.29 is 0 Å². The first-order valence-electron chi connectivity index (χ1n) is 15.7. The zero-order chi connectivity index (χ0) is 30.2. The van der Waals surface area contributed by atoms with Crippen LogP contribution in [0.3, 0.4) is 0 Å². The Morgan fingerprint density at radius 1 is 0.370 bits per heavy atom. The molecular formula is C43H27N3. The van der Waals surface area contributed by atoms with E-state index in [1.54, 1.807) is 0 Å². The van der Waals surface area contributed by atoms with Crippen molar-refractivity contribution >= 4 is 49.1 Å². The number of rotatable bonds is 4. The highest BCUT2D eigenvalue weighted by molar-refractivity contribution is 6.24. The molecule has 3 aromatic heterocycles. The topological polar surface area (TPSA) is 22.2 Å². The Morgan fingerprint density at radius 3 is 1.83 bits per heavy atom. The van der Waals surface area contributed by atoms with Gasteiger partial charge in [-0.3, -0.25) is 4.57 Å². The maximum absolute atomic E-state index is 5.13. The Kier molecular flexibility index (Phi) is 5.28. The number of hydrogen-bond donors (Lipinski definition) is 0. The first-order valence-corrected chi connectivity index (χ1v) is 15.7. The van der Waals surface area contributed by atoms with Crippen molar-refractivity contribution in [1.29, 1.82) is 0 Å². The van der Waals surface area contributed by atoms with Crippen LogP contribution in [0.4, 0.5) is 0 Å². The third kappa shape index (κ3) is 3.63. The summed E-state index contributed by atoms with van der Waals surface area (Å²) in [6.45, 7) is 0. The van der Waals surface area contributed by atoms with E-state index >= 15 is 0 Å². The molecule has 3 heterocycles. The highest BCUT2D eigenvalue weighted by Crippen LogP contribution is 2.43. The molecule has 214 valence electrons. The maximum atomic E-state index is 5.13. The molecule has 0 bridgehead atoms. The number of benzene rings is 7. The van der Waals surface area contributed by atoms with Crippen LogP contribution in [0.15, 0.2) is 164 Å². The summed E-state index contributed by atoms with van der Waals surface area (Å²) in [5.41, 5.74) is 12.9. The minimum absolute atomic E-state index is 0.940. The Balaban J connectivity index is 1.19. The fraction of sp³-hybridized carbons (Fsp3) is 0. The third-order valence-electron chi connectivity index (χ3n) is 9.43. The quantitative estimate of drug-likeness (QED) is 0.201. The fourth-order valence-electron chi connectivity index (χ4n) is 7.37. The van der Waals surface area contributed by atoms with Crippen molar-refractivity contribution in [3.05, 3.63) is 164 Å². The minimum Gasteiger partial charge on any atom is -0.308 e. The summed E-state index contributed by atoms with van der Waals surface area (Å²) in [5.74, 6) is 0.940. The summed E-state index contributed by atoms with van der Waals surface area (Å²) in [6.07, 6.45) is 0. The molecule has 10 rings (SSSR count). The summed E-state index contributed by atoms with van der Waals surface area (Å²) in [5, 5.41) is 5.14. The van der Waals surface area contributed by atoms with Gasteiger partial charge in [0.15, 0.2) is 0 Å². The monoisotopic (exact) mass is 585 g/mol. The minimum atomic E-state index is 0.940. The lowest BCUT2D eigenvalue weighted by Gasteiger charge is -2.11. The van der Waals surface area contributed by atoms with Crippen LogP contribution in [0.2, 0.25) is 0 Å². The lowest BCUT2D eigenvalue weighted by molar-refractivity contribution is 1.10. The number of aromatic nitrogens is 3. The molecule has 0 aliphatic heterocycles. The molecule has 0 aliphatic rings. The molecule has 0 spiro atoms. The van der Waals surface area contributed by atoms with Crippen molar-refractivity contribution in [2.45, 2.75) is 0 Å². The molecule has 0 saturated carbocycles. The highest BCUT2D eigenvalue weighted by atomic mass is 15.1. The molecule has 7 aromatic carbocycles. The van der Waals surface area contributed by atoms with Crippen LogP contribution in [-0.2, 0) is 0 Å².